The highest BCUT2D eigenvalue weighted by Gasteiger charge is 2.35. The third-order valence-electron chi connectivity index (χ3n) is 6.72. The van der Waals surface area contributed by atoms with Gasteiger partial charge in [-0.25, -0.2) is 5.01 Å². The molecule has 3 aromatic rings. The maximum atomic E-state index is 13.7. The van der Waals surface area contributed by atoms with Crippen LogP contribution in [0.3, 0.4) is 0 Å². The summed E-state index contributed by atoms with van der Waals surface area (Å²) >= 11 is 0. The number of nitro groups is 1. The maximum absolute atomic E-state index is 13.7. The molecule has 1 aliphatic rings. The van der Waals surface area contributed by atoms with Gasteiger partial charge in [-0.1, -0.05) is 12.1 Å². The average molecular weight is 585 g/mol. The smallest absolute Gasteiger partial charge is 0.416 e. The maximum Gasteiger partial charge on any atom is 0.416 e. The van der Waals surface area contributed by atoms with Crippen LogP contribution in [0, 0.1) is 10.1 Å². The minimum absolute atomic E-state index is 0.00205. The van der Waals surface area contributed by atoms with Crippen molar-refractivity contribution in [2.45, 2.75) is 18.6 Å². The van der Waals surface area contributed by atoms with Gasteiger partial charge in [-0.2, -0.15) is 18.3 Å². The number of halogens is 3. The number of hydrazone groups is 1. The Labute approximate surface area is 239 Å². The van der Waals surface area contributed by atoms with Crippen LogP contribution in [0.25, 0.3) is 0 Å². The van der Waals surface area contributed by atoms with E-state index in [-0.39, 0.29) is 24.4 Å². The predicted octanol–water partition coefficient (Wildman–Crippen LogP) is 5.09. The minimum Gasteiger partial charge on any atom is -0.497 e. The largest absolute Gasteiger partial charge is 0.497 e. The van der Waals surface area contributed by atoms with Crippen LogP contribution in [-0.2, 0) is 15.7 Å². The number of rotatable bonds is 10. The van der Waals surface area contributed by atoms with Crippen molar-refractivity contribution in [3.05, 3.63) is 105 Å². The molecule has 10 nitrogen and oxygen atoms in total. The van der Waals surface area contributed by atoms with E-state index >= 15 is 0 Å². The van der Waals surface area contributed by atoms with E-state index in [0.717, 1.165) is 29.8 Å². The van der Waals surface area contributed by atoms with Crippen molar-refractivity contribution in [3.63, 3.8) is 0 Å². The molecule has 1 unspecified atom stereocenters. The molecule has 0 saturated carbocycles. The van der Waals surface area contributed by atoms with Crippen molar-refractivity contribution >= 4 is 23.2 Å². The molecule has 13 heteroatoms. The van der Waals surface area contributed by atoms with Crippen molar-refractivity contribution in [1.29, 1.82) is 0 Å². The zero-order valence-corrected chi connectivity index (χ0v) is 22.7. The fourth-order valence-corrected chi connectivity index (χ4v) is 4.45. The van der Waals surface area contributed by atoms with Crippen LogP contribution in [0.4, 0.5) is 18.9 Å². The van der Waals surface area contributed by atoms with Gasteiger partial charge >= 0.3 is 6.18 Å². The number of carbonyl (C=O) groups is 2. The highest BCUT2D eigenvalue weighted by molar-refractivity contribution is 6.04. The Balaban J connectivity index is 1.62. The monoisotopic (exact) mass is 584 g/mol. The molecule has 0 aromatic heterocycles. The summed E-state index contributed by atoms with van der Waals surface area (Å²) in [6, 6.07) is 16.0. The van der Waals surface area contributed by atoms with E-state index in [1.54, 1.807) is 36.4 Å². The van der Waals surface area contributed by atoms with Crippen LogP contribution < -0.4 is 4.74 Å². The highest BCUT2D eigenvalue weighted by Crippen LogP contribution is 2.34. The van der Waals surface area contributed by atoms with Crippen molar-refractivity contribution in [2.75, 3.05) is 33.9 Å². The number of nitrogens with zero attached hydrogens (tertiary/aromatic N) is 4. The molecule has 1 heterocycles. The summed E-state index contributed by atoms with van der Waals surface area (Å²) < 4.78 is 49.3. The Morgan fingerprint density at radius 1 is 1.02 bits per heavy atom. The number of amides is 2. The second kappa shape index (κ2) is 12.8. The van der Waals surface area contributed by atoms with Gasteiger partial charge in [0.2, 0.25) is 0 Å². The van der Waals surface area contributed by atoms with E-state index in [4.69, 9.17) is 9.47 Å². The van der Waals surface area contributed by atoms with E-state index in [1.807, 2.05) is 0 Å². The Bertz CT molecular complexity index is 1460. The molecule has 2 amide bonds. The quantitative estimate of drug-likeness (QED) is 0.242. The van der Waals surface area contributed by atoms with E-state index < -0.39 is 41.1 Å². The molecule has 220 valence electrons. The van der Waals surface area contributed by atoms with Gasteiger partial charge in [0.1, 0.15) is 12.3 Å². The topological polar surface area (TPSA) is 115 Å². The zero-order valence-electron chi connectivity index (χ0n) is 22.7. The van der Waals surface area contributed by atoms with Gasteiger partial charge in [-0.05, 0) is 59.7 Å². The standard InChI is InChI=1S/C29H27F3N4O6/c1-41-16-15-34(28(38)21-3-9-22(10-4-21)29(30,31)32)18-27(37)35-26(20-7-13-24(42-2)14-8-20)17-25(33-35)19-5-11-23(12-6-19)36(39)40/h3-14,26H,15-18H2,1-2H3. The van der Waals surface area contributed by atoms with Crippen LogP contribution >= 0.6 is 0 Å². The normalized spacial score (nSPS) is 14.8. The first-order valence-electron chi connectivity index (χ1n) is 12.8. The van der Waals surface area contributed by atoms with Gasteiger partial charge in [0.15, 0.2) is 0 Å². The van der Waals surface area contributed by atoms with Crippen molar-refractivity contribution in [3.8, 4) is 5.75 Å². The number of alkyl halides is 3. The number of methoxy groups -OCH3 is 2. The predicted molar refractivity (Wildman–Crippen MR) is 146 cm³/mol. The van der Waals surface area contributed by atoms with Crippen molar-refractivity contribution in [1.82, 2.24) is 9.91 Å². The number of ether oxygens (including phenoxy) is 2. The second-order valence-corrected chi connectivity index (χ2v) is 9.38. The molecule has 0 fully saturated rings. The lowest BCUT2D eigenvalue weighted by atomic mass is 9.98. The third-order valence-corrected chi connectivity index (χ3v) is 6.72. The molecule has 0 bridgehead atoms. The molecule has 0 spiro atoms. The second-order valence-electron chi connectivity index (χ2n) is 9.38. The molecule has 0 radical (unpaired) electrons. The molecule has 0 saturated heterocycles. The van der Waals surface area contributed by atoms with E-state index in [1.165, 1.54) is 36.3 Å². The molecule has 42 heavy (non-hydrogen) atoms. The molecule has 1 atom stereocenters. The summed E-state index contributed by atoms with van der Waals surface area (Å²) in [6.45, 7) is -0.339. The summed E-state index contributed by atoms with van der Waals surface area (Å²) in [7, 11) is 2.95. The Hall–Kier alpha value is -4.78. The van der Waals surface area contributed by atoms with Gasteiger partial charge in [-0.3, -0.25) is 19.7 Å². The molecule has 3 aromatic carbocycles. The van der Waals surface area contributed by atoms with Gasteiger partial charge in [0.05, 0.1) is 36.0 Å². The first kappa shape index (κ1) is 30.2. The summed E-state index contributed by atoms with van der Waals surface area (Å²) in [5.41, 5.74) is 0.833. The van der Waals surface area contributed by atoms with Gasteiger partial charge in [-0.15, -0.1) is 0 Å². The number of nitro benzene ring substituents is 1. The molecule has 0 N–H and O–H groups in total. The molecular formula is C29H27F3N4O6. The summed E-state index contributed by atoms with van der Waals surface area (Å²) in [6.07, 6.45) is -4.26. The van der Waals surface area contributed by atoms with Gasteiger partial charge in [0, 0.05) is 37.8 Å². The number of hydrogen-bond donors (Lipinski definition) is 0. The van der Waals surface area contributed by atoms with Crippen LogP contribution in [0.5, 0.6) is 5.75 Å². The SMILES string of the molecule is COCCN(CC(=O)N1N=C(c2ccc([N+](=O)[O-])cc2)CC1c1ccc(OC)cc1)C(=O)c1ccc(C(F)(F)F)cc1. The Morgan fingerprint density at radius 2 is 1.67 bits per heavy atom. The van der Waals surface area contributed by atoms with Crippen LogP contribution in [0.2, 0.25) is 0 Å². The molecule has 0 aliphatic carbocycles. The number of non-ortho nitro benzene ring substituents is 1. The Morgan fingerprint density at radius 3 is 2.21 bits per heavy atom. The lowest BCUT2D eigenvalue weighted by Gasteiger charge is -2.27. The van der Waals surface area contributed by atoms with Crippen molar-refractivity contribution in [2.24, 2.45) is 5.10 Å². The minimum atomic E-state index is -4.56. The molecule has 4 rings (SSSR count). The van der Waals surface area contributed by atoms with E-state index in [9.17, 15) is 32.9 Å². The third kappa shape index (κ3) is 6.92. The first-order chi connectivity index (χ1) is 20.0. The van der Waals surface area contributed by atoms with Crippen LogP contribution in [0.1, 0.15) is 39.5 Å². The first-order valence-corrected chi connectivity index (χ1v) is 12.8. The van der Waals surface area contributed by atoms with Crippen LogP contribution in [-0.4, -0.2) is 66.3 Å². The van der Waals surface area contributed by atoms with Crippen LogP contribution in [0.15, 0.2) is 77.9 Å². The lowest BCUT2D eigenvalue weighted by Crippen LogP contribution is -2.42. The highest BCUT2D eigenvalue weighted by atomic mass is 19.4. The summed E-state index contributed by atoms with van der Waals surface area (Å²) in [5.74, 6) is -0.572. The lowest BCUT2D eigenvalue weighted by molar-refractivity contribution is -0.384. The van der Waals surface area contributed by atoms with Gasteiger partial charge in [0.25, 0.3) is 17.5 Å². The van der Waals surface area contributed by atoms with E-state index in [2.05, 4.69) is 5.10 Å². The summed E-state index contributed by atoms with van der Waals surface area (Å²) in [4.78, 5) is 38.7. The molecule has 1 aliphatic heterocycles. The molecular weight excluding hydrogens is 557 g/mol. The number of hydrogen-bond acceptors (Lipinski definition) is 7. The fraction of sp³-hybridized carbons (Fsp3) is 0.276. The average Bonchev–Trinajstić information content (AvgIpc) is 3.44. The van der Waals surface area contributed by atoms with Crippen molar-refractivity contribution < 1.29 is 37.2 Å². The van der Waals surface area contributed by atoms with Gasteiger partial charge < -0.3 is 14.4 Å². The number of carbonyl (C=O) groups excluding carboxylic acids is 2. The zero-order chi connectivity index (χ0) is 30.4. The Kier molecular flexibility index (Phi) is 9.21. The fourth-order valence-electron chi connectivity index (χ4n) is 4.45. The number of benzene rings is 3. The van der Waals surface area contributed by atoms with E-state index in [0.29, 0.717) is 23.4 Å². The summed E-state index contributed by atoms with van der Waals surface area (Å²) in [5, 5.41) is 16.9.